The van der Waals surface area contributed by atoms with Crippen molar-refractivity contribution in [3.8, 4) is 33.4 Å². The molecule has 0 fully saturated rings. The van der Waals surface area contributed by atoms with Gasteiger partial charge in [-0.2, -0.15) is 0 Å². The largest absolute Gasteiger partial charge is 0.135 e. The van der Waals surface area contributed by atoms with Crippen molar-refractivity contribution in [1.82, 2.24) is 0 Å². The number of rotatable bonds is 5. The first-order valence-electron chi connectivity index (χ1n) is 14.9. The van der Waals surface area contributed by atoms with Crippen molar-refractivity contribution in [3.05, 3.63) is 156 Å². The van der Waals surface area contributed by atoms with E-state index in [4.69, 9.17) is 0 Å². The highest BCUT2D eigenvalue weighted by atomic mass is 32.1. The van der Waals surface area contributed by atoms with Crippen molar-refractivity contribution in [2.24, 2.45) is 0 Å². The lowest BCUT2D eigenvalue weighted by atomic mass is 9.75. The maximum absolute atomic E-state index is 2.46. The second kappa shape index (κ2) is 9.82. The molecule has 1 heteroatoms. The van der Waals surface area contributed by atoms with Crippen LogP contribution in [0.4, 0.5) is 0 Å². The van der Waals surface area contributed by atoms with Crippen LogP contribution >= 0.6 is 11.3 Å². The van der Waals surface area contributed by atoms with Crippen LogP contribution in [0.15, 0.2) is 133 Å². The SMILES string of the molecule is Cc1cccc(-c2cccc3c2-c2ccccc2C3(C)CCc2cccc(-c3cccc4sc5ccccc5c34)c2)c1. The van der Waals surface area contributed by atoms with E-state index in [9.17, 15) is 0 Å². The molecule has 1 aromatic heterocycles. The van der Waals surface area contributed by atoms with Gasteiger partial charge in [0.1, 0.15) is 0 Å². The third-order valence-corrected chi connectivity index (χ3v) is 10.5. The third kappa shape index (κ3) is 3.95. The molecule has 1 atom stereocenters. The summed E-state index contributed by atoms with van der Waals surface area (Å²) in [5.74, 6) is 0. The Balaban J connectivity index is 1.18. The number of fused-ring (bicyclic) bond motifs is 6. The van der Waals surface area contributed by atoms with Gasteiger partial charge in [-0.05, 0) is 82.0 Å². The summed E-state index contributed by atoms with van der Waals surface area (Å²) in [7, 11) is 0. The van der Waals surface area contributed by atoms with Gasteiger partial charge in [0.15, 0.2) is 0 Å². The lowest BCUT2D eigenvalue weighted by molar-refractivity contribution is 0.533. The van der Waals surface area contributed by atoms with Crippen LogP contribution in [-0.4, -0.2) is 0 Å². The molecule has 1 aliphatic rings. The standard InChI is InChI=1S/C41H32S/c1-27-11-7-13-29(25-27)31-17-9-20-36-39(31)33-15-3-5-19-35(33)41(36,2)24-23-28-12-8-14-30(26-28)32-18-10-22-38-40(32)34-16-4-6-21-37(34)42-38/h3-22,25-26H,23-24H2,1-2H3. The second-order valence-electron chi connectivity index (χ2n) is 12.0. The van der Waals surface area contributed by atoms with Crippen LogP contribution in [0.25, 0.3) is 53.6 Å². The van der Waals surface area contributed by atoms with Gasteiger partial charge in [-0.3, -0.25) is 0 Å². The minimum atomic E-state index is -0.0503. The zero-order valence-corrected chi connectivity index (χ0v) is 24.8. The van der Waals surface area contributed by atoms with Crippen molar-refractivity contribution >= 4 is 31.5 Å². The molecule has 1 heterocycles. The zero-order chi connectivity index (χ0) is 28.3. The summed E-state index contributed by atoms with van der Waals surface area (Å²) in [5.41, 5.74) is 13.6. The molecule has 0 spiro atoms. The molecule has 0 nitrogen and oxygen atoms in total. The van der Waals surface area contributed by atoms with Gasteiger partial charge >= 0.3 is 0 Å². The minimum Gasteiger partial charge on any atom is -0.135 e. The van der Waals surface area contributed by atoms with E-state index in [2.05, 4.69) is 147 Å². The zero-order valence-electron chi connectivity index (χ0n) is 24.0. The molecule has 0 amide bonds. The van der Waals surface area contributed by atoms with Gasteiger partial charge in [0.05, 0.1) is 0 Å². The van der Waals surface area contributed by atoms with Crippen LogP contribution in [0.3, 0.4) is 0 Å². The maximum atomic E-state index is 2.46. The quantitative estimate of drug-likeness (QED) is 0.198. The van der Waals surface area contributed by atoms with Gasteiger partial charge in [-0.15, -0.1) is 11.3 Å². The molecule has 6 aromatic carbocycles. The van der Waals surface area contributed by atoms with E-state index in [0.717, 1.165) is 12.8 Å². The Hall–Kier alpha value is -4.46. The molecule has 1 aliphatic carbocycles. The maximum Gasteiger partial charge on any atom is 0.0361 e. The number of hydrogen-bond donors (Lipinski definition) is 0. The first kappa shape index (κ1) is 25.3. The molecule has 0 aliphatic heterocycles. The Kier molecular flexibility index (Phi) is 5.91. The summed E-state index contributed by atoms with van der Waals surface area (Å²) < 4.78 is 2.71. The number of hydrogen-bond acceptors (Lipinski definition) is 1. The summed E-state index contributed by atoms with van der Waals surface area (Å²) in [6, 6.07) is 49.8. The van der Waals surface area contributed by atoms with E-state index in [1.807, 2.05) is 11.3 Å². The van der Waals surface area contributed by atoms with Crippen molar-refractivity contribution in [1.29, 1.82) is 0 Å². The molecular weight excluding hydrogens is 525 g/mol. The summed E-state index contributed by atoms with van der Waals surface area (Å²) in [6.07, 6.45) is 2.08. The normalized spacial score (nSPS) is 15.7. The highest BCUT2D eigenvalue weighted by Crippen LogP contribution is 2.54. The summed E-state index contributed by atoms with van der Waals surface area (Å²) in [6.45, 7) is 4.64. The van der Waals surface area contributed by atoms with Crippen LogP contribution in [-0.2, 0) is 11.8 Å². The Morgan fingerprint density at radius 3 is 2.14 bits per heavy atom. The molecule has 0 saturated heterocycles. The highest BCUT2D eigenvalue weighted by molar-refractivity contribution is 7.25. The average Bonchev–Trinajstić information content (AvgIpc) is 3.54. The lowest BCUT2D eigenvalue weighted by Crippen LogP contribution is -2.21. The lowest BCUT2D eigenvalue weighted by Gasteiger charge is -2.28. The first-order chi connectivity index (χ1) is 20.6. The van der Waals surface area contributed by atoms with Gasteiger partial charge in [-0.1, -0.05) is 134 Å². The predicted octanol–water partition coefficient (Wildman–Crippen LogP) is 11.6. The molecule has 0 N–H and O–H groups in total. The molecule has 0 saturated carbocycles. The van der Waals surface area contributed by atoms with E-state index in [0.29, 0.717) is 0 Å². The Labute approximate surface area is 251 Å². The molecule has 0 bridgehead atoms. The summed E-state index contributed by atoms with van der Waals surface area (Å²) in [4.78, 5) is 0. The molecule has 0 radical (unpaired) electrons. The Morgan fingerprint density at radius 1 is 0.571 bits per heavy atom. The van der Waals surface area contributed by atoms with E-state index in [1.54, 1.807) is 0 Å². The summed E-state index contributed by atoms with van der Waals surface area (Å²) in [5, 5.41) is 2.74. The fourth-order valence-electron chi connectivity index (χ4n) is 7.26. The Morgan fingerprint density at radius 2 is 1.24 bits per heavy atom. The fourth-order valence-corrected chi connectivity index (χ4v) is 8.39. The summed E-state index contributed by atoms with van der Waals surface area (Å²) >= 11 is 1.89. The molecule has 202 valence electrons. The fraction of sp³-hybridized carbons (Fsp3) is 0.122. The predicted molar refractivity (Wildman–Crippen MR) is 182 cm³/mol. The van der Waals surface area contributed by atoms with Crippen molar-refractivity contribution in [2.45, 2.75) is 32.1 Å². The average molecular weight is 557 g/mol. The molecule has 1 unspecified atom stereocenters. The van der Waals surface area contributed by atoms with Crippen LogP contribution in [0.1, 0.15) is 35.6 Å². The van der Waals surface area contributed by atoms with Crippen LogP contribution in [0.2, 0.25) is 0 Å². The number of thiophene rings is 1. The van der Waals surface area contributed by atoms with E-state index < -0.39 is 0 Å². The third-order valence-electron chi connectivity index (χ3n) is 9.33. The van der Waals surface area contributed by atoms with Crippen molar-refractivity contribution < 1.29 is 0 Å². The van der Waals surface area contributed by atoms with Crippen LogP contribution in [0.5, 0.6) is 0 Å². The molecule has 42 heavy (non-hydrogen) atoms. The topological polar surface area (TPSA) is 0 Å². The van der Waals surface area contributed by atoms with E-state index >= 15 is 0 Å². The van der Waals surface area contributed by atoms with E-state index in [1.165, 1.54) is 75.8 Å². The first-order valence-corrected chi connectivity index (χ1v) is 15.7. The number of benzene rings is 6. The van der Waals surface area contributed by atoms with Crippen LogP contribution < -0.4 is 0 Å². The Bertz CT molecular complexity index is 2130. The van der Waals surface area contributed by atoms with Crippen molar-refractivity contribution in [2.75, 3.05) is 0 Å². The van der Waals surface area contributed by atoms with Crippen molar-refractivity contribution in [3.63, 3.8) is 0 Å². The number of aryl methyl sites for hydroxylation is 2. The van der Waals surface area contributed by atoms with Gasteiger partial charge in [0, 0.05) is 25.6 Å². The van der Waals surface area contributed by atoms with Gasteiger partial charge < -0.3 is 0 Å². The molecular formula is C41H32S. The highest BCUT2D eigenvalue weighted by Gasteiger charge is 2.39. The van der Waals surface area contributed by atoms with Gasteiger partial charge in [0.2, 0.25) is 0 Å². The van der Waals surface area contributed by atoms with Gasteiger partial charge in [0.25, 0.3) is 0 Å². The molecule has 8 rings (SSSR count). The monoisotopic (exact) mass is 556 g/mol. The second-order valence-corrected chi connectivity index (χ2v) is 13.0. The van der Waals surface area contributed by atoms with Gasteiger partial charge in [-0.25, -0.2) is 0 Å². The smallest absolute Gasteiger partial charge is 0.0361 e. The van der Waals surface area contributed by atoms with E-state index in [-0.39, 0.29) is 5.41 Å². The molecule has 7 aromatic rings. The minimum absolute atomic E-state index is 0.0503. The van der Waals surface area contributed by atoms with Crippen LogP contribution in [0, 0.1) is 6.92 Å².